The highest BCUT2D eigenvalue weighted by molar-refractivity contribution is 7.98. The van der Waals surface area contributed by atoms with Gasteiger partial charge in [0.05, 0.1) is 10.6 Å². The maximum atomic E-state index is 4.68. The molecule has 0 aliphatic carbocycles. The molecule has 0 bridgehead atoms. The van der Waals surface area contributed by atoms with Crippen molar-refractivity contribution in [1.29, 1.82) is 0 Å². The number of aryl methyl sites for hydroxylation is 3. The number of rotatable bonds is 5. The molecule has 0 aliphatic heterocycles. The summed E-state index contributed by atoms with van der Waals surface area (Å²) in [6.45, 7) is 6.28. The Morgan fingerprint density at radius 1 is 1.00 bits per heavy atom. The van der Waals surface area contributed by atoms with Gasteiger partial charge >= 0.3 is 0 Å². The Kier molecular flexibility index (Phi) is 5.50. The molecule has 4 rings (SSSR count). The van der Waals surface area contributed by atoms with Crippen LogP contribution in [0.25, 0.3) is 21.1 Å². The predicted molar refractivity (Wildman–Crippen MR) is 117 cm³/mol. The maximum Gasteiger partial charge on any atom is 0.125 e. The smallest absolute Gasteiger partial charge is 0.125 e. The van der Waals surface area contributed by atoms with Crippen molar-refractivity contribution >= 4 is 23.1 Å². The standard InChI is InChI=1S/C22H20N4S2/c1-14-6-7-15(2)18(11-14)13-27-20-9-8-19(25-26-20)21-16(3)24-22(28-21)17-5-4-10-23-12-17/h4-12H,13H2,1-3H3. The minimum atomic E-state index is 0.862. The van der Waals surface area contributed by atoms with E-state index in [1.54, 1.807) is 29.3 Å². The third kappa shape index (κ3) is 4.13. The van der Waals surface area contributed by atoms with E-state index in [9.17, 15) is 0 Å². The molecule has 0 saturated heterocycles. The zero-order chi connectivity index (χ0) is 19.5. The Morgan fingerprint density at radius 3 is 2.64 bits per heavy atom. The van der Waals surface area contributed by atoms with Crippen LogP contribution in [0.4, 0.5) is 0 Å². The second-order valence-electron chi connectivity index (χ2n) is 6.65. The first-order valence-electron chi connectivity index (χ1n) is 9.01. The van der Waals surface area contributed by atoms with E-state index in [2.05, 4.69) is 52.2 Å². The monoisotopic (exact) mass is 404 g/mol. The van der Waals surface area contributed by atoms with E-state index in [-0.39, 0.29) is 0 Å². The predicted octanol–water partition coefficient (Wildman–Crippen LogP) is 5.88. The van der Waals surface area contributed by atoms with E-state index in [0.29, 0.717) is 0 Å². The van der Waals surface area contributed by atoms with Gasteiger partial charge in [0.15, 0.2) is 0 Å². The first kappa shape index (κ1) is 18.8. The number of thiazole rings is 1. The number of thioether (sulfide) groups is 1. The van der Waals surface area contributed by atoms with Crippen LogP contribution in [-0.2, 0) is 5.75 Å². The number of aromatic nitrogens is 4. The molecule has 3 aromatic heterocycles. The normalized spacial score (nSPS) is 11.0. The Bertz CT molecular complexity index is 1090. The SMILES string of the molecule is Cc1ccc(C)c(CSc2ccc(-c3sc(-c4cccnc4)nc3C)nn2)c1. The summed E-state index contributed by atoms with van der Waals surface area (Å²) in [5.41, 5.74) is 6.79. The van der Waals surface area contributed by atoms with Gasteiger partial charge in [-0.05, 0) is 56.2 Å². The number of hydrogen-bond acceptors (Lipinski definition) is 6. The minimum Gasteiger partial charge on any atom is -0.264 e. The van der Waals surface area contributed by atoms with Crippen molar-refractivity contribution in [3.8, 4) is 21.1 Å². The zero-order valence-electron chi connectivity index (χ0n) is 16.0. The maximum absolute atomic E-state index is 4.68. The largest absolute Gasteiger partial charge is 0.264 e. The lowest BCUT2D eigenvalue weighted by molar-refractivity contribution is 0.935. The quantitative estimate of drug-likeness (QED) is 0.389. The van der Waals surface area contributed by atoms with Crippen molar-refractivity contribution in [2.75, 3.05) is 0 Å². The van der Waals surface area contributed by atoms with Crippen LogP contribution in [0.15, 0.2) is 59.9 Å². The lowest BCUT2D eigenvalue weighted by Crippen LogP contribution is -1.91. The molecular weight excluding hydrogens is 384 g/mol. The molecule has 4 aromatic rings. The molecule has 4 nitrogen and oxygen atoms in total. The van der Waals surface area contributed by atoms with Gasteiger partial charge in [-0.25, -0.2) is 4.98 Å². The van der Waals surface area contributed by atoms with Gasteiger partial charge in [0.25, 0.3) is 0 Å². The summed E-state index contributed by atoms with van der Waals surface area (Å²) in [5.74, 6) is 0.895. The van der Waals surface area contributed by atoms with Crippen LogP contribution in [0.2, 0.25) is 0 Å². The molecule has 0 spiro atoms. The van der Waals surface area contributed by atoms with Gasteiger partial charge in [0, 0.05) is 23.7 Å². The fourth-order valence-corrected chi connectivity index (χ4v) is 4.77. The van der Waals surface area contributed by atoms with Crippen LogP contribution in [-0.4, -0.2) is 20.2 Å². The molecule has 0 unspecified atom stereocenters. The second kappa shape index (κ2) is 8.20. The number of pyridine rings is 1. The van der Waals surface area contributed by atoms with Crippen LogP contribution in [0.3, 0.4) is 0 Å². The van der Waals surface area contributed by atoms with Crippen LogP contribution < -0.4 is 0 Å². The van der Waals surface area contributed by atoms with Crippen LogP contribution in [0.5, 0.6) is 0 Å². The van der Waals surface area contributed by atoms with Gasteiger partial charge in [-0.15, -0.1) is 21.5 Å². The first-order valence-corrected chi connectivity index (χ1v) is 10.8. The molecule has 0 saturated carbocycles. The van der Waals surface area contributed by atoms with Crippen LogP contribution in [0, 0.1) is 20.8 Å². The molecular formula is C22H20N4S2. The molecule has 6 heteroatoms. The van der Waals surface area contributed by atoms with Gasteiger partial charge in [0.2, 0.25) is 0 Å². The molecule has 3 heterocycles. The van der Waals surface area contributed by atoms with Gasteiger partial charge in [-0.1, -0.05) is 35.5 Å². The van der Waals surface area contributed by atoms with E-state index in [4.69, 9.17) is 0 Å². The Labute approximate surface area is 173 Å². The average molecular weight is 405 g/mol. The van der Waals surface area contributed by atoms with Crippen molar-refractivity contribution in [2.45, 2.75) is 31.6 Å². The lowest BCUT2D eigenvalue weighted by atomic mass is 10.1. The van der Waals surface area contributed by atoms with E-state index >= 15 is 0 Å². The van der Waals surface area contributed by atoms with Gasteiger partial charge in [-0.3, -0.25) is 4.98 Å². The average Bonchev–Trinajstić information content (AvgIpc) is 3.11. The summed E-state index contributed by atoms with van der Waals surface area (Å²) in [6.07, 6.45) is 3.60. The number of hydrogen-bond donors (Lipinski definition) is 0. The van der Waals surface area contributed by atoms with Crippen LogP contribution in [0.1, 0.15) is 22.4 Å². The lowest BCUT2D eigenvalue weighted by Gasteiger charge is -2.06. The van der Waals surface area contributed by atoms with E-state index in [1.807, 2.05) is 37.4 Å². The summed E-state index contributed by atoms with van der Waals surface area (Å²) in [6, 6.07) is 14.6. The molecule has 0 amide bonds. The number of nitrogens with zero attached hydrogens (tertiary/aromatic N) is 4. The topological polar surface area (TPSA) is 51.6 Å². The fraction of sp³-hybridized carbons (Fsp3) is 0.182. The van der Waals surface area contributed by atoms with Gasteiger partial charge < -0.3 is 0 Å². The Balaban J connectivity index is 1.51. The number of benzene rings is 1. The first-order chi connectivity index (χ1) is 13.6. The van der Waals surface area contributed by atoms with E-state index < -0.39 is 0 Å². The highest BCUT2D eigenvalue weighted by atomic mass is 32.2. The summed E-state index contributed by atoms with van der Waals surface area (Å²) in [5, 5.41) is 10.8. The highest BCUT2D eigenvalue weighted by Gasteiger charge is 2.13. The molecule has 0 N–H and O–H groups in total. The van der Waals surface area contributed by atoms with Crippen molar-refractivity contribution in [3.05, 3.63) is 77.2 Å². The Morgan fingerprint density at radius 2 is 1.89 bits per heavy atom. The van der Waals surface area contributed by atoms with Gasteiger partial charge in [0.1, 0.15) is 15.7 Å². The summed E-state index contributed by atoms with van der Waals surface area (Å²) in [7, 11) is 0. The molecule has 0 atom stereocenters. The van der Waals surface area contributed by atoms with Crippen molar-refractivity contribution in [1.82, 2.24) is 20.2 Å². The third-order valence-electron chi connectivity index (χ3n) is 4.46. The molecule has 28 heavy (non-hydrogen) atoms. The van der Waals surface area contributed by atoms with Crippen molar-refractivity contribution in [3.63, 3.8) is 0 Å². The molecule has 140 valence electrons. The minimum absolute atomic E-state index is 0.862. The van der Waals surface area contributed by atoms with E-state index in [0.717, 1.165) is 37.6 Å². The van der Waals surface area contributed by atoms with Crippen LogP contribution >= 0.6 is 23.1 Å². The molecule has 0 fully saturated rings. The molecule has 1 aromatic carbocycles. The van der Waals surface area contributed by atoms with E-state index in [1.165, 1.54) is 16.7 Å². The van der Waals surface area contributed by atoms with Crippen molar-refractivity contribution < 1.29 is 0 Å². The van der Waals surface area contributed by atoms with Crippen molar-refractivity contribution in [2.24, 2.45) is 0 Å². The zero-order valence-corrected chi connectivity index (χ0v) is 17.6. The second-order valence-corrected chi connectivity index (χ2v) is 8.65. The Hall–Kier alpha value is -2.57. The fourth-order valence-electron chi connectivity index (χ4n) is 2.87. The summed E-state index contributed by atoms with van der Waals surface area (Å²) < 4.78 is 0. The summed E-state index contributed by atoms with van der Waals surface area (Å²) in [4.78, 5) is 9.91. The third-order valence-corrected chi connectivity index (χ3v) is 6.66. The molecule has 0 radical (unpaired) electrons. The summed E-state index contributed by atoms with van der Waals surface area (Å²) >= 11 is 3.34. The highest BCUT2D eigenvalue weighted by Crippen LogP contribution is 2.34. The molecule has 0 aliphatic rings. The van der Waals surface area contributed by atoms with Gasteiger partial charge in [-0.2, -0.15) is 0 Å².